The van der Waals surface area contributed by atoms with Crippen LogP contribution < -0.4 is 10.2 Å². The van der Waals surface area contributed by atoms with Crippen LogP contribution in [0.1, 0.15) is 17.5 Å². The molecule has 4 nitrogen and oxygen atoms in total. The number of imide groups is 1. The normalized spacial score (nSPS) is 17.6. The largest absolute Gasteiger partial charge is 0.301 e. The van der Waals surface area contributed by atoms with E-state index in [9.17, 15) is 9.59 Å². The van der Waals surface area contributed by atoms with Gasteiger partial charge in [0.25, 0.3) is 5.91 Å². The van der Waals surface area contributed by atoms with Crippen molar-refractivity contribution in [3.63, 3.8) is 0 Å². The van der Waals surface area contributed by atoms with E-state index in [-0.39, 0.29) is 18.2 Å². The van der Waals surface area contributed by atoms with Crippen molar-refractivity contribution < 1.29 is 9.59 Å². The zero-order chi connectivity index (χ0) is 17.3. The maximum atomic E-state index is 12.5. The van der Waals surface area contributed by atoms with Crippen LogP contribution in [0.4, 0.5) is 5.69 Å². The first-order valence-electron chi connectivity index (χ1n) is 7.56. The van der Waals surface area contributed by atoms with Crippen LogP contribution in [0.15, 0.2) is 42.5 Å². The topological polar surface area (TPSA) is 49.4 Å². The van der Waals surface area contributed by atoms with Gasteiger partial charge in [-0.15, -0.1) is 0 Å². The summed E-state index contributed by atoms with van der Waals surface area (Å²) in [5, 5.41) is 4.07. The van der Waals surface area contributed by atoms with Crippen LogP contribution in [0, 0.1) is 6.92 Å². The Morgan fingerprint density at radius 2 is 1.79 bits per heavy atom. The highest BCUT2D eigenvalue weighted by molar-refractivity contribution is 6.42. The van der Waals surface area contributed by atoms with Gasteiger partial charge in [0.05, 0.1) is 28.2 Å². The molecule has 0 spiro atoms. The fourth-order valence-corrected chi connectivity index (χ4v) is 2.97. The average Bonchev–Trinajstić information content (AvgIpc) is 2.84. The fourth-order valence-electron chi connectivity index (χ4n) is 2.65. The Balaban J connectivity index is 1.69. The van der Waals surface area contributed by atoms with E-state index in [1.807, 2.05) is 25.1 Å². The molecule has 1 unspecified atom stereocenters. The van der Waals surface area contributed by atoms with Crippen LogP contribution in [0.2, 0.25) is 10.0 Å². The van der Waals surface area contributed by atoms with Gasteiger partial charge in [-0.1, -0.05) is 47.0 Å². The number of aryl methyl sites for hydroxylation is 1. The lowest BCUT2D eigenvalue weighted by atomic mass is 10.2. The highest BCUT2D eigenvalue weighted by Crippen LogP contribution is 2.25. The van der Waals surface area contributed by atoms with Gasteiger partial charge in [0.1, 0.15) is 0 Å². The van der Waals surface area contributed by atoms with Gasteiger partial charge in [-0.2, -0.15) is 0 Å². The second-order valence-corrected chi connectivity index (χ2v) is 6.60. The van der Waals surface area contributed by atoms with Crippen molar-refractivity contribution in [2.75, 3.05) is 4.90 Å². The molecule has 2 amide bonds. The van der Waals surface area contributed by atoms with Crippen molar-refractivity contribution in [1.29, 1.82) is 0 Å². The second kappa shape index (κ2) is 6.93. The van der Waals surface area contributed by atoms with Gasteiger partial charge < -0.3 is 5.32 Å². The number of hydrogen-bond donors (Lipinski definition) is 1. The van der Waals surface area contributed by atoms with Gasteiger partial charge in [-0.3, -0.25) is 9.59 Å². The van der Waals surface area contributed by atoms with Crippen molar-refractivity contribution in [3.05, 3.63) is 63.6 Å². The van der Waals surface area contributed by atoms with E-state index >= 15 is 0 Å². The van der Waals surface area contributed by atoms with E-state index in [1.54, 1.807) is 24.3 Å². The fraction of sp³-hybridized carbons (Fsp3) is 0.222. The number of anilines is 1. The number of amides is 2. The molecule has 24 heavy (non-hydrogen) atoms. The standard InChI is InChI=1S/C18H16Cl2N2O2/c1-11-2-5-13(6-3-11)22-17(23)9-16(18(22)24)21-10-12-4-7-14(19)15(20)8-12/h2-8,16,21H,9-10H2,1H3. The van der Waals surface area contributed by atoms with Crippen molar-refractivity contribution in [2.24, 2.45) is 0 Å². The summed E-state index contributed by atoms with van der Waals surface area (Å²) < 4.78 is 0. The first-order valence-corrected chi connectivity index (χ1v) is 8.32. The SMILES string of the molecule is Cc1ccc(N2C(=O)CC(NCc3ccc(Cl)c(Cl)c3)C2=O)cc1. The number of rotatable bonds is 4. The summed E-state index contributed by atoms with van der Waals surface area (Å²) >= 11 is 11.9. The van der Waals surface area contributed by atoms with Gasteiger partial charge in [0.15, 0.2) is 0 Å². The summed E-state index contributed by atoms with van der Waals surface area (Å²) in [5.41, 5.74) is 2.58. The van der Waals surface area contributed by atoms with E-state index < -0.39 is 6.04 Å². The molecule has 1 fully saturated rings. The summed E-state index contributed by atoms with van der Waals surface area (Å²) in [6.45, 7) is 2.39. The molecule has 1 N–H and O–H groups in total. The molecule has 0 aromatic heterocycles. The molecular formula is C18H16Cl2N2O2. The molecule has 2 aromatic carbocycles. The maximum absolute atomic E-state index is 12.5. The average molecular weight is 363 g/mol. The van der Waals surface area contributed by atoms with E-state index in [4.69, 9.17) is 23.2 Å². The lowest BCUT2D eigenvalue weighted by molar-refractivity contribution is -0.121. The lowest BCUT2D eigenvalue weighted by Gasteiger charge is -2.16. The Morgan fingerprint density at radius 3 is 2.46 bits per heavy atom. The van der Waals surface area contributed by atoms with Crippen molar-refractivity contribution in [1.82, 2.24) is 5.32 Å². The van der Waals surface area contributed by atoms with Crippen LogP contribution in [-0.2, 0) is 16.1 Å². The molecule has 1 heterocycles. The summed E-state index contributed by atoms with van der Waals surface area (Å²) in [6, 6.07) is 12.1. The summed E-state index contributed by atoms with van der Waals surface area (Å²) in [7, 11) is 0. The number of carbonyl (C=O) groups is 2. The van der Waals surface area contributed by atoms with Crippen LogP contribution in [0.5, 0.6) is 0 Å². The molecule has 2 aromatic rings. The Hall–Kier alpha value is -1.88. The summed E-state index contributed by atoms with van der Waals surface area (Å²) in [6.07, 6.45) is 0.147. The molecule has 0 aliphatic carbocycles. The van der Waals surface area contributed by atoms with Crippen molar-refractivity contribution in [2.45, 2.75) is 25.9 Å². The van der Waals surface area contributed by atoms with E-state index in [0.29, 0.717) is 22.3 Å². The Morgan fingerprint density at radius 1 is 1.08 bits per heavy atom. The number of benzene rings is 2. The van der Waals surface area contributed by atoms with Crippen molar-refractivity contribution in [3.8, 4) is 0 Å². The lowest BCUT2D eigenvalue weighted by Crippen LogP contribution is -2.38. The molecule has 1 saturated heterocycles. The zero-order valence-corrected chi connectivity index (χ0v) is 14.6. The zero-order valence-electron chi connectivity index (χ0n) is 13.1. The molecule has 1 aliphatic heterocycles. The molecule has 0 bridgehead atoms. The molecular weight excluding hydrogens is 347 g/mol. The Labute approximate surface area is 150 Å². The Kier molecular flexibility index (Phi) is 4.90. The molecule has 124 valence electrons. The van der Waals surface area contributed by atoms with Crippen LogP contribution >= 0.6 is 23.2 Å². The number of nitrogens with zero attached hydrogens (tertiary/aromatic N) is 1. The van der Waals surface area contributed by atoms with Crippen LogP contribution in [0.3, 0.4) is 0 Å². The molecule has 6 heteroatoms. The first-order chi connectivity index (χ1) is 11.5. The minimum atomic E-state index is -0.534. The number of nitrogens with one attached hydrogen (secondary N) is 1. The smallest absolute Gasteiger partial charge is 0.251 e. The van der Waals surface area contributed by atoms with Gasteiger partial charge in [0, 0.05) is 6.54 Å². The van der Waals surface area contributed by atoms with Gasteiger partial charge in [-0.05, 0) is 36.8 Å². The third kappa shape index (κ3) is 3.46. The summed E-state index contributed by atoms with van der Waals surface area (Å²) in [4.78, 5) is 26.0. The van der Waals surface area contributed by atoms with E-state index in [0.717, 1.165) is 11.1 Å². The summed E-state index contributed by atoms with van der Waals surface area (Å²) in [5.74, 6) is -0.431. The highest BCUT2D eigenvalue weighted by Gasteiger charge is 2.39. The number of carbonyl (C=O) groups excluding carboxylic acids is 2. The minimum absolute atomic E-state index is 0.147. The van der Waals surface area contributed by atoms with Crippen LogP contribution in [-0.4, -0.2) is 17.9 Å². The van der Waals surface area contributed by atoms with Crippen molar-refractivity contribution >= 4 is 40.7 Å². The first kappa shape index (κ1) is 17.0. The predicted octanol–water partition coefficient (Wildman–Crippen LogP) is 3.72. The molecule has 1 aliphatic rings. The maximum Gasteiger partial charge on any atom is 0.251 e. The number of hydrogen-bond acceptors (Lipinski definition) is 3. The minimum Gasteiger partial charge on any atom is -0.301 e. The van der Waals surface area contributed by atoms with E-state index in [1.165, 1.54) is 4.90 Å². The predicted molar refractivity (Wildman–Crippen MR) is 95.4 cm³/mol. The molecule has 0 saturated carbocycles. The monoisotopic (exact) mass is 362 g/mol. The number of halogens is 2. The molecule has 0 radical (unpaired) electrons. The van der Waals surface area contributed by atoms with E-state index in [2.05, 4.69) is 5.32 Å². The molecule has 3 rings (SSSR count). The van der Waals surface area contributed by atoms with Gasteiger partial charge >= 0.3 is 0 Å². The van der Waals surface area contributed by atoms with Gasteiger partial charge in [-0.25, -0.2) is 4.90 Å². The second-order valence-electron chi connectivity index (χ2n) is 5.79. The third-order valence-corrected chi connectivity index (χ3v) is 4.71. The van der Waals surface area contributed by atoms with Crippen LogP contribution in [0.25, 0.3) is 0 Å². The highest BCUT2D eigenvalue weighted by atomic mass is 35.5. The molecule has 1 atom stereocenters. The Bertz CT molecular complexity index is 790. The quantitative estimate of drug-likeness (QED) is 0.843. The third-order valence-electron chi connectivity index (χ3n) is 3.98. The van der Waals surface area contributed by atoms with Gasteiger partial charge in [0.2, 0.25) is 5.91 Å².